The smallest absolute Gasteiger partial charge is 0.236 e. The van der Waals surface area contributed by atoms with Crippen molar-refractivity contribution in [2.24, 2.45) is 5.92 Å². The van der Waals surface area contributed by atoms with Gasteiger partial charge in [0.25, 0.3) is 0 Å². The number of fused-ring (bicyclic) bond motifs is 3. The van der Waals surface area contributed by atoms with E-state index in [0.29, 0.717) is 38.6 Å². The van der Waals surface area contributed by atoms with Gasteiger partial charge < -0.3 is 9.64 Å². The average Bonchev–Trinajstić information content (AvgIpc) is 3.30. The second-order valence-electron chi connectivity index (χ2n) is 10.5. The Labute approximate surface area is 229 Å². The van der Waals surface area contributed by atoms with Gasteiger partial charge >= 0.3 is 0 Å². The van der Waals surface area contributed by atoms with Gasteiger partial charge in [-0.1, -0.05) is 37.3 Å². The summed E-state index contributed by atoms with van der Waals surface area (Å²) in [5.41, 5.74) is 2.29. The predicted molar refractivity (Wildman–Crippen MR) is 153 cm³/mol. The molecule has 2 fully saturated rings. The van der Waals surface area contributed by atoms with Gasteiger partial charge in [-0.05, 0) is 42.4 Å². The van der Waals surface area contributed by atoms with E-state index < -0.39 is 10.0 Å². The molecule has 2 aromatic heterocycles. The van der Waals surface area contributed by atoms with Crippen molar-refractivity contribution >= 4 is 43.5 Å². The Hall–Kier alpha value is -2.37. The number of anilines is 1. The van der Waals surface area contributed by atoms with Crippen molar-refractivity contribution < 1.29 is 13.2 Å². The van der Waals surface area contributed by atoms with Crippen LogP contribution in [-0.4, -0.2) is 80.1 Å². The highest BCUT2D eigenvalue weighted by Gasteiger charge is 2.30. The number of hydrogen-bond acceptors (Lipinski definition) is 8. The fourth-order valence-corrected chi connectivity index (χ4v) is 8.16. The summed E-state index contributed by atoms with van der Waals surface area (Å²) in [7, 11) is -3.49. The molecule has 3 aliphatic rings. The minimum atomic E-state index is -3.49. The zero-order valence-electron chi connectivity index (χ0n) is 21.9. The number of thiophene rings is 1. The lowest BCUT2D eigenvalue weighted by molar-refractivity contribution is 0.0331. The monoisotopic (exact) mass is 553 g/mol. The SMILES string of the molecule is C[C@H]1CCc2c(sc3nc(CN4CCOCC4)nc(N4CCN(S(=O)(=O)/C=C/c5ccccc5)CC4)c23)C1. The first-order chi connectivity index (χ1) is 18.5. The summed E-state index contributed by atoms with van der Waals surface area (Å²) in [5, 5.41) is 2.53. The number of nitrogens with zero attached hydrogens (tertiary/aromatic N) is 5. The van der Waals surface area contributed by atoms with E-state index in [-0.39, 0.29) is 0 Å². The summed E-state index contributed by atoms with van der Waals surface area (Å²) in [6.07, 6.45) is 5.03. The molecule has 0 unspecified atom stereocenters. The van der Waals surface area contributed by atoms with E-state index in [2.05, 4.69) is 16.7 Å². The third kappa shape index (κ3) is 5.51. The van der Waals surface area contributed by atoms with Crippen LogP contribution < -0.4 is 4.90 Å². The second-order valence-corrected chi connectivity index (χ2v) is 13.4. The number of ether oxygens (including phenoxy) is 1. The summed E-state index contributed by atoms with van der Waals surface area (Å²) in [6, 6.07) is 9.55. The molecule has 202 valence electrons. The van der Waals surface area contributed by atoms with Gasteiger partial charge in [-0.2, -0.15) is 4.31 Å². The highest BCUT2D eigenvalue weighted by Crippen LogP contribution is 2.41. The van der Waals surface area contributed by atoms with Crippen LogP contribution in [0.5, 0.6) is 0 Å². The number of rotatable bonds is 6. The molecule has 2 saturated heterocycles. The minimum absolute atomic E-state index is 0.440. The van der Waals surface area contributed by atoms with Gasteiger partial charge in [0.1, 0.15) is 16.5 Å². The quantitative estimate of drug-likeness (QED) is 0.460. The zero-order chi connectivity index (χ0) is 26.1. The van der Waals surface area contributed by atoms with Gasteiger partial charge in [0.2, 0.25) is 10.0 Å². The number of hydrogen-bond donors (Lipinski definition) is 0. The highest BCUT2D eigenvalue weighted by molar-refractivity contribution is 7.92. The summed E-state index contributed by atoms with van der Waals surface area (Å²) < 4.78 is 33.2. The van der Waals surface area contributed by atoms with E-state index in [1.165, 1.54) is 27.7 Å². The molecule has 0 amide bonds. The Morgan fingerprint density at radius 3 is 2.58 bits per heavy atom. The molecule has 38 heavy (non-hydrogen) atoms. The number of benzene rings is 1. The molecule has 4 heterocycles. The van der Waals surface area contributed by atoms with Crippen LogP contribution in [0.2, 0.25) is 0 Å². The molecule has 2 aliphatic heterocycles. The van der Waals surface area contributed by atoms with Gasteiger partial charge in [-0.3, -0.25) is 4.90 Å². The van der Waals surface area contributed by atoms with Crippen LogP contribution in [0.3, 0.4) is 0 Å². The Kier molecular flexibility index (Phi) is 7.50. The topological polar surface area (TPSA) is 78.9 Å². The molecule has 0 bridgehead atoms. The largest absolute Gasteiger partial charge is 0.379 e. The van der Waals surface area contributed by atoms with Crippen molar-refractivity contribution in [3.05, 3.63) is 57.6 Å². The van der Waals surface area contributed by atoms with E-state index in [1.54, 1.807) is 10.4 Å². The molecule has 1 aromatic carbocycles. The van der Waals surface area contributed by atoms with Crippen molar-refractivity contribution in [2.45, 2.75) is 32.7 Å². The second kappa shape index (κ2) is 11.0. The molecular formula is C28H35N5O3S2. The number of aromatic nitrogens is 2. The van der Waals surface area contributed by atoms with Gasteiger partial charge in [0.15, 0.2) is 0 Å². The maximum absolute atomic E-state index is 13.1. The Balaban J connectivity index is 1.26. The zero-order valence-corrected chi connectivity index (χ0v) is 23.5. The summed E-state index contributed by atoms with van der Waals surface area (Å²) >= 11 is 1.83. The molecule has 1 atom stereocenters. The average molecular weight is 554 g/mol. The van der Waals surface area contributed by atoms with Crippen molar-refractivity contribution in [1.82, 2.24) is 19.2 Å². The van der Waals surface area contributed by atoms with Gasteiger partial charge in [-0.25, -0.2) is 18.4 Å². The first kappa shape index (κ1) is 25.9. The van der Waals surface area contributed by atoms with Gasteiger partial charge in [0, 0.05) is 49.6 Å². The molecule has 1 aliphatic carbocycles. The van der Waals surface area contributed by atoms with Crippen molar-refractivity contribution in [3.8, 4) is 0 Å². The lowest BCUT2D eigenvalue weighted by Gasteiger charge is -2.35. The lowest BCUT2D eigenvalue weighted by Crippen LogP contribution is -2.48. The maximum Gasteiger partial charge on any atom is 0.236 e. The van der Waals surface area contributed by atoms with Crippen molar-refractivity contribution in [2.75, 3.05) is 57.4 Å². The highest BCUT2D eigenvalue weighted by atomic mass is 32.2. The van der Waals surface area contributed by atoms with Crippen LogP contribution in [0.25, 0.3) is 16.3 Å². The Morgan fingerprint density at radius 1 is 1.05 bits per heavy atom. The Bertz CT molecular complexity index is 1410. The van der Waals surface area contributed by atoms with E-state index in [9.17, 15) is 8.42 Å². The number of aryl methyl sites for hydroxylation is 1. The van der Waals surface area contributed by atoms with Crippen molar-refractivity contribution in [1.29, 1.82) is 0 Å². The van der Waals surface area contributed by atoms with Crippen LogP contribution in [-0.2, 0) is 34.1 Å². The third-order valence-corrected chi connectivity index (χ3v) is 10.5. The van der Waals surface area contributed by atoms with Crippen LogP contribution in [0.4, 0.5) is 5.82 Å². The molecule has 0 spiro atoms. The summed E-state index contributed by atoms with van der Waals surface area (Å²) in [6.45, 7) is 8.42. The number of sulfonamides is 1. The molecule has 0 saturated carbocycles. The molecule has 6 rings (SSSR count). The molecular weight excluding hydrogens is 518 g/mol. The van der Waals surface area contributed by atoms with Crippen LogP contribution >= 0.6 is 11.3 Å². The fourth-order valence-electron chi connectivity index (χ4n) is 5.59. The van der Waals surface area contributed by atoms with E-state index in [4.69, 9.17) is 14.7 Å². The van der Waals surface area contributed by atoms with Gasteiger partial charge in [-0.15, -0.1) is 11.3 Å². The van der Waals surface area contributed by atoms with E-state index in [0.717, 1.165) is 61.2 Å². The third-order valence-electron chi connectivity index (χ3n) is 7.78. The van der Waals surface area contributed by atoms with Crippen LogP contribution in [0.15, 0.2) is 35.7 Å². The minimum Gasteiger partial charge on any atom is -0.379 e. The van der Waals surface area contributed by atoms with Crippen LogP contribution in [0, 0.1) is 5.92 Å². The lowest BCUT2D eigenvalue weighted by atomic mass is 9.89. The number of morpholine rings is 1. The Morgan fingerprint density at radius 2 is 1.82 bits per heavy atom. The molecule has 8 nitrogen and oxygen atoms in total. The van der Waals surface area contributed by atoms with Crippen LogP contribution in [0.1, 0.15) is 35.2 Å². The summed E-state index contributed by atoms with van der Waals surface area (Å²) in [5.74, 6) is 2.53. The first-order valence-corrected chi connectivity index (χ1v) is 15.9. The summed E-state index contributed by atoms with van der Waals surface area (Å²) in [4.78, 5) is 17.4. The molecule has 0 radical (unpaired) electrons. The predicted octanol–water partition coefficient (Wildman–Crippen LogP) is 3.77. The van der Waals surface area contributed by atoms with E-state index >= 15 is 0 Å². The standard InChI is InChI=1S/C28H35N5O3S2/c1-21-7-8-23-24(19-21)37-28-26(23)27(29-25(30-28)20-31-14-16-36-17-15-31)32-10-12-33(13-11-32)38(34,35)18-9-22-5-3-2-4-6-22/h2-6,9,18,21H,7-8,10-17,19-20H2,1H3/b18-9+/t21-/m0/s1. The number of piperazine rings is 1. The maximum atomic E-state index is 13.1. The molecule has 10 heteroatoms. The van der Waals surface area contributed by atoms with E-state index in [1.807, 2.05) is 41.7 Å². The normalized spacial score (nSPS) is 21.8. The molecule has 0 N–H and O–H groups in total. The first-order valence-electron chi connectivity index (χ1n) is 13.6. The van der Waals surface area contributed by atoms with Gasteiger partial charge in [0.05, 0.1) is 25.1 Å². The molecule has 3 aromatic rings. The fraction of sp³-hybridized carbons (Fsp3) is 0.500. The van der Waals surface area contributed by atoms with Crippen molar-refractivity contribution in [3.63, 3.8) is 0 Å².